The molecule has 2 N–H and O–H groups in total. The summed E-state index contributed by atoms with van der Waals surface area (Å²) in [5, 5.41) is 14.4. The average molecular weight is 204 g/mol. The van der Waals surface area contributed by atoms with Crippen LogP contribution in [0.3, 0.4) is 0 Å². The molecular formula is C11H12N2O2. The van der Waals surface area contributed by atoms with Crippen molar-refractivity contribution >= 4 is 17.3 Å². The number of nitrogens with one attached hydrogen (secondary N) is 1. The first-order valence-corrected chi connectivity index (χ1v) is 4.81. The lowest BCUT2D eigenvalue weighted by Crippen LogP contribution is -2.14. The highest BCUT2D eigenvalue weighted by molar-refractivity contribution is 6.53. The first kappa shape index (κ1) is 9.71. The van der Waals surface area contributed by atoms with Crippen LogP contribution in [0, 0.1) is 0 Å². The summed E-state index contributed by atoms with van der Waals surface area (Å²) in [7, 11) is 0. The van der Waals surface area contributed by atoms with Gasteiger partial charge in [-0.15, -0.1) is 0 Å². The quantitative estimate of drug-likeness (QED) is 0.542. The Hall–Kier alpha value is -1.84. The highest BCUT2D eigenvalue weighted by Crippen LogP contribution is 2.27. The van der Waals surface area contributed by atoms with Crippen LogP contribution in [-0.4, -0.2) is 16.8 Å². The van der Waals surface area contributed by atoms with Crippen LogP contribution in [0.4, 0.5) is 5.69 Å². The fraction of sp³-hybridized carbons (Fsp3) is 0.273. The van der Waals surface area contributed by atoms with E-state index in [1.165, 1.54) is 0 Å². The number of nitrogens with zero attached hydrogens (tertiary/aromatic N) is 1. The number of carbonyl (C=O) groups excluding carboxylic acids is 1. The van der Waals surface area contributed by atoms with Crippen LogP contribution < -0.4 is 5.32 Å². The number of oxime groups is 1. The molecule has 1 heterocycles. The lowest BCUT2D eigenvalue weighted by molar-refractivity contribution is -0.110. The third-order valence-corrected chi connectivity index (χ3v) is 2.53. The van der Waals surface area contributed by atoms with E-state index in [4.69, 9.17) is 5.21 Å². The zero-order chi connectivity index (χ0) is 11.0. The summed E-state index contributed by atoms with van der Waals surface area (Å²) in [6.45, 7) is 4.14. The van der Waals surface area contributed by atoms with E-state index in [-0.39, 0.29) is 11.6 Å². The summed E-state index contributed by atoms with van der Waals surface area (Å²) < 4.78 is 0. The molecule has 0 unspecified atom stereocenters. The van der Waals surface area contributed by atoms with E-state index in [0.717, 1.165) is 5.56 Å². The highest BCUT2D eigenvalue weighted by Gasteiger charge is 2.26. The number of rotatable bonds is 1. The molecular weight excluding hydrogens is 192 g/mol. The Labute approximate surface area is 87.6 Å². The summed E-state index contributed by atoms with van der Waals surface area (Å²) in [6, 6.07) is 5.68. The maximum atomic E-state index is 11.3. The Kier molecular flexibility index (Phi) is 2.19. The third kappa shape index (κ3) is 1.48. The Bertz CT molecular complexity index is 450. The summed E-state index contributed by atoms with van der Waals surface area (Å²) in [6.07, 6.45) is 0. The predicted octanol–water partition coefficient (Wildman–Crippen LogP) is 1.94. The number of benzene rings is 1. The lowest BCUT2D eigenvalue weighted by atomic mass is 9.99. The molecule has 4 nitrogen and oxygen atoms in total. The van der Waals surface area contributed by atoms with Crippen molar-refractivity contribution in [3.05, 3.63) is 29.3 Å². The number of carbonyl (C=O) groups is 1. The van der Waals surface area contributed by atoms with E-state index in [0.29, 0.717) is 17.2 Å². The second kappa shape index (κ2) is 3.38. The molecule has 0 saturated carbocycles. The van der Waals surface area contributed by atoms with Crippen LogP contribution in [0.25, 0.3) is 0 Å². The highest BCUT2D eigenvalue weighted by atomic mass is 16.4. The number of fused-ring (bicyclic) bond motifs is 1. The van der Waals surface area contributed by atoms with E-state index in [1.807, 2.05) is 18.2 Å². The molecule has 0 aliphatic carbocycles. The summed E-state index contributed by atoms with van der Waals surface area (Å²) in [4.78, 5) is 11.3. The first-order valence-electron chi connectivity index (χ1n) is 4.81. The van der Waals surface area contributed by atoms with Crippen molar-refractivity contribution in [2.75, 3.05) is 5.32 Å². The molecule has 1 aromatic rings. The molecule has 0 atom stereocenters. The van der Waals surface area contributed by atoms with Crippen molar-refractivity contribution in [2.24, 2.45) is 5.16 Å². The Balaban J connectivity index is 2.54. The van der Waals surface area contributed by atoms with Crippen molar-refractivity contribution < 1.29 is 10.0 Å². The molecule has 2 rings (SSSR count). The molecule has 1 aliphatic heterocycles. The fourth-order valence-electron chi connectivity index (χ4n) is 1.63. The predicted molar refractivity (Wildman–Crippen MR) is 57.5 cm³/mol. The SMILES string of the molecule is CC(C)c1ccc2c(c1)/C(=N\O)C(=O)N2. The second-order valence-electron chi connectivity index (χ2n) is 3.86. The van der Waals surface area contributed by atoms with Gasteiger partial charge < -0.3 is 10.5 Å². The van der Waals surface area contributed by atoms with Gasteiger partial charge in [0.05, 0.1) is 5.69 Å². The lowest BCUT2D eigenvalue weighted by Gasteiger charge is -2.06. The van der Waals surface area contributed by atoms with E-state index >= 15 is 0 Å². The molecule has 1 amide bonds. The maximum absolute atomic E-state index is 11.3. The second-order valence-corrected chi connectivity index (χ2v) is 3.86. The fourth-order valence-corrected chi connectivity index (χ4v) is 1.63. The molecule has 15 heavy (non-hydrogen) atoms. The van der Waals surface area contributed by atoms with Crippen molar-refractivity contribution in [3.8, 4) is 0 Å². The Morgan fingerprint density at radius 1 is 1.40 bits per heavy atom. The van der Waals surface area contributed by atoms with Gasteiger partial charge >= 0.3 is 0 Å². The van der Waals surface area contributed by atoms with Gasteiger partial charge in [-0.1, -0.05) is 25.1 Å². The summed E-state index contributed by atoms with van der Waals surface area (Å²) >= 11 is 0. The molecule has 0 aromatic heterocycles. The topological polar surface area (TPSA) is 61.7 Å². The maximum Gasteiger partial charge on any atom is 0.278 e. The van der Waals surface area contributed by atoms with E-state index in [2.05, 4.69) is 24.3 Å². The smallest absolute Gasteiger partial charge is 0.278 e. The number of anilines is 1. The number of hydrogen-bond acceptors (Lipinski definition) is 3. The van der Waals surface area contributed by atoms with Gasteiger partial charge in [0.2, 0.25) is 0 Å². The van der Waals surface area contributed by atoms with Gasteiger partial charge in [0.15, 0.2) is 5.71 Å². The standard InChI is InChI=1S/C11H12N2O2/c1-6(2)7-3-4-9-8(5-7)10(13-15)11(14)12-9/h3-6,15H,1-2H3,(H,12,13,14). The molecule has 4 heteroatoms. The minimum atomic E-state index is -0.353. The van der Waals surface area contributed by atoms with Gasteiger partial charge in [0, 0.05) is 5.56 Å². The van der Waals surface area contributed by atoms with Gasteiger partial charge in [-0.2, -0.15) is 0 Å². The Morgan fingerprint density at radius 2 is 2.13 bits per heavy atom. The Morgan fingerprint density at radius 3 is 2.73 bits per heavy atom. The first-order chi connectivity index (χ1) is 7.13. The van der Waals surface area contributed by atoms with Gasteiger partial charge in [-0.25, -0.2) is 0 Å². The molecule has 1 aromatic carbocycles. The minimum Gasteiger partial charge on any atom is -0.410 e. The number of amides is 1. The van der Waals surface area contributed by atoms with Gasteiger partial charge in [-0.3, -0.25) is 4.79 Å². The van der Waals surface area contributed by atoms with Crippen LogP contribution in [0.2, 0.25) is 0 Å². The largest absolute Gasteiger partial charge is 0.410 e. The third-order valence-electron chi connectivity index (χ3n) is 2.53. The van der Waals surface area contributed by atoms with Crippen LogP contribution >= 0.6 is 0 Å². The van der Waals surface area contributed by atoms with Crippen LogP contribution in [0.5, 0.6) is 0 Å². The van der Waals surface area contributed by atoms with Crippen molar-refractivity contribution in [1.29, 1.82) is 0 Å². The van der Waals surface area contributed by atoms with Crippen molar-refractivity contribution in [1.82, 2.24) is 0 Å². The van der Waals surface area contributed by atoms with Crippen molar-refractivity contribution in [2.45, 2.75) is 19.8 Å². The van der Waals surface area contributed by atoms with Gasteiger partial charge in [0.25, 0.3) is 5.91 Å². The molecule has 1 aliphatic rings. The minimum absolute atomic E-state index is 0.0903. The van der Waals surface area contributed by atoms with Gasteiger partial charge in [-0.05, 0) is 23.6 Å². The molecule has 78 valence electrons. The molecule has 0 spiro atoms. The van der Waals surface area contributed by atoms with Gasteiger partial charge in [0.1, 0.15) is 0 Å². The molecule has 0 radical (unpaired) electrons. The summed E-state index contributed by atoms with van der Waals surface area (Å²) in [5.74, 6) is 0.0272. The van der Waals surface area contributed by atoms with Crippen LogP contribution in [-0.2, 0) is 4.79 Å². The molecule has 0 fully saturated rings. The number of hydrogen-bond donors (Lipinski definition) is 2. The summed E-state index contributed by atoms with van der Waals surface area (Å²) in [5.41, 5.74) is 2.59. The van der Waals surface area contributed by atoms with Crippen LogP contribution in [0.1, 0.15) is 30.9 Å². The molecule has 0 saturated heterocycles. The van der Waals surface area contributed by atoms with Crippen LogP contribution in [0.15, 0.2) is 23.4 Å². The zero-order valence-electron chi connectivity index (χ0n) is 8.61. The normalized spacial score (nSPS) is 17.0. The zero-order valence-corrected chi connectivity index (χ0v) is 8.61. The van der Waals surface area contributed by atoms with Crippen molar-refractivity contribution in [3.63, 3.8) is 0 Å². The monoisotopic (exact) mass is 204 g/mol. The van der Waals surface area contributed by atoms with E-state index in [9.17, 15) is 4.79 Å². The average Bonchev–Trinajstić information content (AvgIpc) is 2.51. The van der Waals surface area contributed by atoms with E-state index in [1.54, 1.807) is 0 Å². The molecule has 0 bridgehead atoms. The van der Waals surface area contributed by atoms with E-state index < -0.39 is 0 Å².